The van der Waals surface area contributed by atoms with E-state index in [1.807, 2.05) is 19.1 Å². The van der Waals surface area contributed by atoms with Crippen LogP contribution in [0.5, 0.6) is 28.9 Å². The molecule has 272 valence electrons. The summed E-state index contributed by atoms with van der Waals surface area (Å²) < 4.78 is 33.0. The maximum atomic E-state index is 13.1. The zero-order chi connectivity index (χ0) is 37.1. The number of nitrogens with one attached hydrogen (secondary N) is 1. The fourth-order valence-electron chi connectivity index (χ4n) is 6.34. The summed E-state index contributed by atoms with van der Waals surface area (Å²) in [4.78, 5) is 29.6. The highest BCUT2D eigenvalue weighted by Crippen LogP contribution is 2.38. The van der Waals surface area contributed by atoms with Crippen molar-refractivity contribution in [3.8, 4) is 46.0 Å². The Morgan fingerprint density at radius 2 is 1.55 bits per heavy atom. The number of benzene rings is 4. The second-order valence-electron chi connectivity index (χ2n) is 12.5. The van der Waals surface area contributed by atoms with Crippen molar-refractivity contribution in [3.63, 3.8) is 0 Å². The van der Waals surface area contributed by atoms with E-state index < -0.39 is 6.09 Å². The van der Waals surface area contributed by atoms with Crippen LogP contribution in [0.25, 0.3) is 28.0 Å². The normalized spacial score (nSPS) is 12.6. The summed E-state index contributed by atoms with van der Waals surface area (Å²) in [6.07, 6.45) is 0.915. The lowest BCUT2D eigenvalue weighted by atomic mass is 9.98. The van der Waals surface area contributed by atoms with Crippen LogP contribution in [0.15, 0.2) is 82.0 Å². The van der Waals surface area contributed by atoms with Crippen molar-refractivity contribution >= 4 is 22.7 Å². The Morgan fingerprint density at radius 1 is 0.849 bits per heavy atom. The monoisotopic (exact) mass is 718 g/mol. The second-order valence-corrected chi connectivity index (χ2v) is 12.5. The number of methoxy groups -OCH3 is 4. The Balaban J connectivity index is 1.05. The summed E-state index contributed by atoms with van der Waals surface area (Å²) in [5, 5.41) is 16.2. The molecule has 1 aliphatic heterocycles. The molecule has 53 heavy (non-hydrogen) atoms. The van der Waals surface area contributed by atoms with Crippen LogP contribution in [0.4, 0.5) is 10.5 Å². The van der Waals surface area contributed by atoms with Gasteiger partial charge < -0.3 is 28.1 Å². The standard InChI is InChI=1S/C39H38N6O8/c1-23-6-11-32-29(16-23)31(46)21-37(52-32)53-39(47)40-30-20-36(51-5)35(50-4)19-28(30)38-41-43-45(42-38)27-9-7-24(8-10-27)12-14-44-15-13-25-17-33(48-2)34(49-3)18-26(25)22-44/h6-11,16-21H,12-15,22H2,1-5H3,(H,40,47). The predicted molar refractivity (Wildman–Crippen MR) is 197 cm³/mol. The van der Waals surface area contributed by atoms with Gasteiger partial charge in [0.15, 0.2) is 28.4 Å². The third-order valence-electron chi connectivity index (χ3n) is 9.15. The number of aromatic nitrogens is 4. The molecule has 0 spiro atoms. The number of nitrogens with zero attached hydrogens (tertiary/aromatic N) is 5. The number of ether oxygens (including phenoxy) is 5. The minimum Gasteiger partial charge on any atom is -0.493 e. The van der Waals surface area contributed by atoms with E-state index in [1.165, 1.54) is 35.7 Å². The number of carbonyl (C=O) groups is 1. The lowest BCUT2D eigenvalue weighted by molar-refractivity contribution is 0.202. The maximum Gasteiger partial charge on any atom is 0.419 e. The van der Waals surface area contributed by atoms with E-state index >= 15 is 0 Å². The average Bonchev–Trinajstić information content (AvgIpc) is 3.67. The van der Waals surface area contributed by atoms with Crippen LogP contribution < -0.4 is 34.4 Å². The van der Waals surface area contributed by atoms with Crippen molar-refractivity contribution in [2.24, 2.45) is 0 Å². The molecule has 4 aromatic carbocycles. The van der Waals surface area contributed by atoms with Gasteiger partial charge in [-0.2, -0.15) is 0 Å². The molecule has 0 saturated carbocycles. The summed E-state index contributed by atoms with van der Waals surface area (Å²) >= 11 is 0. The molecule has 0 radical (unpaired) electrons. The Bertz CT molecular complexity index is 2350. The quantitative estimate of drug-likeness (QED) is 0.168. The molecule has 0 fully saturated rings. The molecule has 0 atom stereocenters. The van der Waals surface area contributed by atoms with Crippen molar-refractivity contribution in [3.05, 3.63) is 105 Å². The summed E-state index contributed by atoms with van der Waals surface area (Å²) in [6.45, 7) is 4.60. The predicted octanol–water partition coefficient (Wildman–Crippen LogP) is 5.99. The summed E-state index contributed by atoms with van der Waals surface area (Å²) in [5.41, 5.74) is 5.93. The molecule has 7 rings (SSSR count). The molecular formula is C39H38N6O8. The molecule has 1 aliphatic rings. The van der Waals surface area contributed by atoms with Crippen LogP contribution in [0.3, 0.4) is 0 Å². The molecule has 6 aromatic rings. The first-order chi connectivity index (χ1) is 25.7. The largest absolute Gasteiger partial charge is 0.493 e. The molecule has 0 saturated heterocycles. The molecule has 0 bridgehead atoms. The lowest BCUT2D eigenvalue weighted by Crippen LogP contribution is -2.32. The van der Waals surface area contributed by atoms with E-state index in [4.69, 9.17) is 28.1 Å². The van der Waals surface area contributed by atoms with Crippen LogP contribution in [0, 0.1) is 6.92 Å². The number of rotatable bonds is 11. The minimum atomic E-state index is -0.912. The number of anilines is 1. The Hall–Kier alpha value is -6.41. The molecule has 1 amide bonds. The van der Waals surface area contributed by atoms with E-state index in [2.05, 4.69) is 49.9 Å². The third-order valence-corrected chi connectivity index (χ3v) is 9.15. The van der Waals surface area contributed by atoms with Gasteiger partial charge in [-0.3, -0.25) is 15.0 Å². The third kappa shape index (κ3) is 7.48. The number of carbonyl (C=O) groups excluding carboxylic acids is 1. The van der Waals surface area contributed by atoms with Crippen LogP contribution in [0.2, 0.25) is 0 Å². The zero-order valence-electron chi connectivity index (χ0n) is 30.0. The van der Waals surface area contributed by atoms with E-state index in [0.29, 0.717) is 33.7 Å². The van der Waals surface area contributed by atoms with Crippen molar-refractivity contribution < 1.29 is 32.9 Å². The van der Waals surface area contributed by atoms with Crippen molar-refractivity contribution in [1.29, 1.82) is 0 Å². The van der Waals surface area contributed by atoms with Crippen molar-refractivity contribution in [2.45, 2.75) is 26.3 Å². The fraction of sp³-hybridized carbons (Fsp3) is 0.256. The van der Waals surface area contributed by atoms with Gasteiger partial charge in [0.1, 0.15) is 5.58 Å². The first-order valence-corrected chi connectivity index (χ1v) is 16.9. The zero-order valence-corrected chi connectivity index (χ0v) is 30.0. The van der Waals surface area contributed by atoms with Gasteiger partial charge >= 0.3 is 6.09 Å². The van der Waals surface area contributed by atoms with Crippen molar-refractivity contribution in [2.75, 3.05) is 46.8 Å². The van der Waals surface area contributed by atoms with E-state index in [-0.39, 0.29) is 22.9 Å². The Kier molecular flexibility index (Phi) is 9.95. The summed E-state index contributed by atoms with van der Waals surface area (Å²) in [7, 11) is 6.29. The van der Waals surface area contributed by atoms with Gasteiger partial charge in [-0.15, -0.1) is 15.0 Å². The molecule has 14 heteroatoms. The molecule has 0 unspecified atom stereocenters. The minimum absolute atomic E-state index is 0.206. The highest BCUT2D eigenvalue weighted by Gasteiger charge is 2.22. The van der Waals surface area contributed by atoms with E-state index in [9.17, 15) is 9.59 Å². The first-order valence-electron chi connectivity index (χ1n) is 16.9. The maximum absolute atomic E-state index is 13.1. The average molecular weight is 719 g/mol. The highest BCUT2D eigenvalue weighted by atomic mass is 16.6. The molecule has 14 nitrogen and oxygen atoms in total. The highest BCUT2D eigenvalue weighted by molar-refractivity contribution is 5.92. The molecule has 2 aromatic heterocycles. The number of amides is 1. The molecule has 0 aliphatic carbocycles. The number of hydrogen-bond donors (Lipinski definition) is 1. The molecule has 1 N–H and O–H groups in total. The van der Waals surface area contributed by atoms with Crippen molar-refractivity contribution in [1.82, 2.24) is 25.1 Å². The summed E-state index contributed by atoms with van der Waals surface area (Å²) in [6, 6.07) is 21.6. The number of hydrogen-bond acceptors (Lipinski definition) is 12. The van der Waals surface area contributed by atoms with E-state index in [1.54, 1.807) is 44.6 Å². The number of aryl methyl sites for hydroxylation is 1. The number of tetrazole rings is 1. The first kappa shape index (κ1) is 35.0. The topological polar surface area (TPSA) is 152 Å². The van der Waals surface area contributed by atoms with Crippen LogP contribution in [0.1, 0.15) is 22.3 Å². The Labute approximate surface area is 304 Å². The summed E-state index contributed by atoms with van der Waals surface area (Å²) in [5.74, 6) is 2.18. The molecular weight excluding hydrogens is 680 g/mol. The lowest BCUT2D eigenvalue weighted by Gasteiger charge is -2.29. The second kappa shape index (κ2) is 15.1. The van der Waals surface area contributed by atoms with Gasteiger partial charge in [0, 0.05) is 25.7 Å². The van der Waals surface area contributed by atoms with Crippen LogP contribution >= 0.6 is 0 Å². The molecule has 3 heterocycles. The fourth-order valence-corrected chi connectivity index (χ4v) is 6.34. The van der Waals surface area contributed by atoms with Gasteiger partial charge in [-0.25, -0.2) is 4.79 Å². The van der Waals surface area contributed by atoms with E-state index in [0.717, 1.165) is 55.6 Å². The van der Waals surface area contributed by atoms with Gasteiger partial charge in [0.25, 0.3) is 5.95 Å². The van der Waals surface area contributed by atoms with Gasteiger partial charge in [0.2, 0.25) is 5.82 Å². The van der Waals surface area contributed by atoms with Gasteiger partial charge in [-0.05, 0) is 84.1 Å². The van der Waals surface area contributed by atoms with Crippen LogP contribution in [-0.4, -0.2) is 72.7 Å². The Morgan fingerprint density at radius 3 is 2.28 bits per heavy atom. The van der Waals surface area contributed by atoms with Gasteiger partial charge in [-0.1, -0.05) is 23.8 Å². The smallest absolute Gasteiger partial charge is 0.419 e. The number of fused-ring (bicyclic) bond motifs is 2. The van der Waals surface area contributed by atoms with Crippen LogP contribution in [-0.2, 0) is 19.4 Å². The SMILES string of the molecule is COc1cc2c(cc1OC)CN(CCc1ccc(-n3nnc(-c4cc(OC)c(OC)cc4NC(=O)Oc4cc(=O)c5cc(C)ccc5o4)n3)cc1)CC2. The van der Waals surface area contributed by atoms with Gasteiger partial charge in [0.05, 0.1) is 56.8 Å².